The fourth-order valence-electron chi connectivity index (χ4n) is 3.26. The van der Waals surface area contributed by atoms with Crippen molar-refractivity contribution in [3.05, 3.63) is 5.69 Å². The number of piperidine rings is 1. The van der Waals surface area contributed by atoms with Gasteiger partial charge in [0.05, 0.1) is 5.69 Å². The van der Waals surface area contributed by atoms with E-state index < -0.39 is 10.0 Å². The van der Waals surface area contributed by atoms with Gasteiger partial charge in [0.15, 0.2) is 9.34 Å². The van der Waals surface area contributed by atoms with Gasteiger partial charge >= 0.3 is 0 Å². The molecule has 2 aliphatic heterocycles. The highest BCUT2D eigenvalue weighted by Gasteiger charge is 2.34. The van der Waals surface area contributed by atoms with E-state index in [0.29, 0.717) is 16.9 Å². The Hall–Kier alpha value is -0.700. The van der Waals surface area contributed by atoms with Crippen molar-refractivity contribution in [1.82, 2.24) is 14.6 Å². The number of nitrogens with one attached hydrogen (secondary N) is 1. The van der Waals surface area contributed by atoms with Crippen molar-refractivity contribution < 1.29 is 8.42 Å². The molecule has 0 aliphatic carbocycles. The summed E-state index contributed by atoms with van der Waals surface area (Å²) in [7, 11) is -3.49. The van der Waals surface area contributed by atoms with Crippen LogP contribution in [0.1, 0.15) is 31.4 Å². The van der Waals surface area contributed by atoms with Crippen LogP contribution in [0.15, 0.2) is 4.21 Å². The normalized spacial score (nSPS) is 27.6. The Bertz CT molecular complexity index is 599. The first-order chi connectivity index (χ1) is 9.45. The molecular formula is C12H20N4O2S2. The van der Waals surface area contributed by atoms with Gasteiger partial charge in [-0.15, -0.1) is 0 Å². The Kier molecular flexibility index (Phi) is 3.74. The molecule has 0 bridgehead atoms. The van der Waals surface area contributed by atoms with E-state index in [-0.39, 0.29) is 10.3 Å². The van der Waals surface area contributed by atoms with E-state index in [0.717, 1.165) is 37.3 Å². The van der Waals surface area contributed by atoms with Crippen LogP contribution in [0.4, 0.5) is 5.13 Å². The van der Waals surface area contributed by atoms with E-state index >= 15 is 0 Å². The van der Waals surface area contributed by atoms with Gasteiger partial charge in [0, 0.05) is 12.1 Å². The Morgan fingerprint density at radius 2 is 2.20 bits per heavy atom. The van der Waals surface area contributed by atoms with Crippen LogP contribution in [0.2, 0.25) is 0 Å². The molecule has 0 spiro atoms. The maximum Gasteiger partial charge on any atom is 0.252 e. The number of thiazole rings is 1. The molecule has 2 saturated heterocycles. The van der Waals surface area contributed by atoms with E-state index in [1.165, 1.54) is 12.8 Å². The third kappa shape index (κ3) is 2.69. The minimum absolute atomic E-state index is 0.0297. The van der Waals surface area contributed by atoms with Crippen LogP contribution in [0.25, 0.3) is 0 Å². The second kappa shape index (κ2) is 5.25. The highest BCUT2D eigenvalue weighted by molar-refractivity contribution is 7.91. The summed E-state index contributed by atoms with van der Waals surface area (Å²) in [4.78, 5) is 6.47. The number of sulfonamides is 1. The zero-order chi connectivity index (χ0) is 14.3. The Balaban J connectivity index is 1.72. The molecule has 8 heteroatoms. The van der Waals surface area contributed by atoms with E-state index in [2.05, 4.69) is 14.6 Å². The molecule has 6 nitrogen and oxygen atoms in total. The lowest BCUT2D eigenvalue weighted by atomic mass is 9.99. The molecule has 0 aromatic carbocycles. The SMILES string of the molecule is Cc1nc(N)sc1S(=O)(=O)NC1CCN2CCCC2C1. The van der Waals surface area contributed by atoms with Gasteiger partial charge in [0.25, 0.3) is 10.0 Å². The number of anilines is 1. The predicted molar refractivity (Wildman–Crippen MR) is 79.2 cm³/mol. The number of aryl methyl sites for hydroxylation is 1. The minimum Gasteiger partial charge on any atom is -0.375 e. The molecule has 0 amide bonds. The largest absolute Gasteiger partial charge is 0.375 e. The third-order valence-corrected chi connectivity index (χ3v) is 7.27. The van der Waals surface area contributed by atoms with Gasteiger partial charge in [0.2, 0.25) is 0 Å². The van der Waals surface area contributed by atoms with E-state index in [9.17, 15) is 8.42 Å². The molecule has 20 heavy (non-hydrogen) atoms. The molecule has 2 unspecified atom stereocenters. The quantitative estimate of drug-likeness (QED) is 0.866. The van der Waals surface area contributed by atoms with Crippen molar-refractivity contribution in [1.29, 1.82) is 0 Å². The molecule has 0 saturated carbocycles. The summed E-state index contributed by atoms with van der Waals surface area (Å²) in [5.41, 5.74) is 6.07. The monoisotopic (exact) mass is 316 g/mol. The number of nitrogen functional groups attached to an aromatic ring is 1. The summed E-state index contributed by atoms with van der Waals surface area (Å²) in [6.45, 7) is 3.83. The van der Waals surface area contributed by atoms with Crippen molar-refractivity contribution in [2.75, 3.05) is 18.8 Å². The molecule has 1 aromatic rings. The maximum absolute atomic E-state index is 12.4. The van der Waals surface area contributed by atoms with Crippen LogP contribution in [0.5, 0.6) is 0 Å². The van der Waals surface area contributed by atoms with Crippen LogP contribution in [-0.4, -0.2) is 43.5 Å². The first kappa shape index (κ1) is 14.2. The summed E-state index contributed by atoms with van der Waals surface area (Å²) in [6.07, 6.45) is 4.20. The number of hydrogen-bond acceptors (Lipinski definition) is 6. The Labute approximate surface area is 123 Å². The second-order valence-electron chi connectivity index (χ2n) is 5.60. The van der Waals surface area contributed by atoms with Crippen LogP contribution in [-0.2, 0) is 10.0 Å². The molecule has 2 aliphatic rings. The van der Waals surface area contributed by atoms with Gasteiger partial charge in [-0.3, -0.25) is 0 Å². The van der Waals surface area contributed by atoms with Crippen molar-refractivity contribution in [3.63, 3.8) is 0 Å². The van der Waals surface area contributed by atoms with E-state index in [1.807, 2.05) is 0 Å². The molecule has 2 atom stereocenters. The number of hydrogen-bond donors (Lipinski definition) is 2. The molecule has 3 rings (SSSR count). The van der Waals surface area contributed by atoms with Crippen LogP contribution in [0, 0.1) is 6.92 Å². The lowest BCUT2D eigenvalue weighted by Crippen LogP contribution is -2.47. The maximum atomic E-state index is 12.4. The molecule has 3 heterocycles. The molecule has 3 N–H and O–H groups in total. The highest BCUT2D eigenvalue weighted by Crippen LogP contribution is 2.29. The average Bonchev–Trinajstić information content (AvgIpc) is 2.94. The summed E-state index contributed by atoms with van der Waals surface area (Å²) in [5, 5.41) is 0.300. The van der Waals surface area contributed by atoms with Crippen molar-refractivity contribution >= 4 is 26.5 Å². The standard InChI is InChI=1S/C12H20N4O2S2/c1-8-11(19-12(13)14-8)20(17,18)15-9-4-6-16-5-2-3-10(16)7-9/h9-10,15H,2-7H2,1H3,(H2,13,14). The predicted octanol–water partition coefficient (Wildman–Crippen LogP) is 0.939. The lowest BCUT2D eigenvalue weighted by molar-refractivity contribution is 0.176. The van der Waals surface area contributed by atoms with Gasteiger partial charge in [-0.05, 0) is 45.7 Å². The lowest BCUT2D eigenvalue weighted by Gasteiger charge is -2.34. The number of aromatic nitrogens is 1. The van der Waals surface area contributed by atoms with E-state index in [1.54, 1.807) is 6.92 Å². The van der Waals surface area contributed by atoms with Gasteiger partial charge in [-0.25, -0.2) is 18.1 Å². The number of rotatable bonds is 3. The number of nitrogens with two attached hydrogens (primary N) is 1. The summed E-state index contributed by atoms with van der Waals surface area (Å²) >= 11 is 1.04. The first-order valence-electron chi connectivity index (χ1n) is 6.95. The molecule has 112 valence electrons. The Morgan fingerprint density at radius 3 is 2.90 bits per heavy atom. The van der Waals surface area contributed by atoms with Crippen LogP contribution < -0.4 is 10.5 Å². The van der Waals surface area contributed by atoms with Gasteiger partial charge in [-0.1, -0.05) is 11.3 Å². The molecule has 2 fully saturated rings. The van der Waals surface area contributed by atoms with Crippen molar-refractivity contribution in [2.45, 2.75) is 48.9 Å². The number of fused-ring (bicyclic) bond motifs is 1. The van der Waals surface area contributed by atoms with Crippen LogP contribution >= 0.6 is 11.3 Å². The zero-order valence-corrected chi connectivity index (χ0v) is 13.1. The van der Waals surface area contributed by atoms with E-state index in [4.69, 9.17) is 5.73 Å². The van der Waals surface area contributed by atoms with Crippen molar-refractivity contribution in [2.24, 2.45) is 0 Å². The topological polar surface area (TPSA) is 88.3 Å². The van der Waals surface area contributed by atoms with Gasteiger partial charge in [0.1, 0.15) is 0 Å². The summed E-state index contributed by atoms with van der Waals surface area (Å²) in [5.74, 6) is 0. The fraction of sp³-hybridized carbons (Fsp3) is 0.750. The summed E-state index contributed by atoms with van der Waals surface area (Å²) in [6, 6.07) is 0.575. The minimum atomic E-state index is -3.49. The highest BCUT2D eigenvalue weighted by atomic mass is 32.2. The summed E-state index contributed by atoms with van der Waals surface area (Å²) < 4.78 is 27.9. The second-order valence-corrected chi connectivity index (χ2v) is 8.54. The fourth-order valence-corrected chi connectivity index (χ4v) is 5.86. The average molecular weight is 316 g/mol. The first-order valence-corrected chi connectivity index (χ1v) is 9.25. The molecular weight excluding hydrogens is 296 g/mol. The van der Waals surface area contributed by atoms with Gasteiger partial charge < -0.3 is 10.6 Å². The Morgan fingerprint density at radius 1 is 1.40 bits per heavy atom. The molecule has 1 aromatic heterocycles. The number of nitrogens with zero attached hydrogens (tertiary/aromatic N) is 2. The smallest absolute Gasteiger partial charge is 0.252 e. The van der Waals surface area contributed by atoms with Gasteiger partial charge in [-0.2, -0.15) is 0 Å². The third-order valence-electron chi connectivity index (χ3n) is 4.16. The van der Waals surface area contributed by atoms with Crippen LogP contribution in [0.3, 0.4) is 0 Å². The van der Waals surface area contributed by atoms with Crippen molar-refractivity contribution in [3.8, 4) is 0 Å². The molecule has 0 radical (unpaired) electrons. The zero-order valence-electron chi connectivity index (χ0n) is 11.5.